The van der Waals surface area contributed by atoms with Crippen molar-refractivity contribution >= 4 is 46.9 Å². The zero-order chi connectivity index (χ0) is 48.2. The topological polar surface area (TPSA) is 198 Å². The number of methoxy groups -OCH3 is 2. The summed E-state index contributed by atoms with van der Waals surface area (Å²) in [6.07, 6.45) is 7.08. The minimum absolute atomic E-state index is 0. The Bertz CT molecular complexity index is 2410. The van der Waals surface area contributed by atoms with E-state index in [0.29, 0.717) is 92.8 Å². The third-order valence-electron chi connectivity index (χ3n) is 13.3. The molecule has 0 bridgehead atoms. The van der Waals surface area contributed by atoms with Gasteiger partial charge >= 0.3 is 27.1 Å². The number of nitrogens with one attached hydrogen (secondary N) is 1. The van der Waals surface area contributed by atoms with E-state index < -0.39 is 11.8 Å². The third-order valence-corrected chi connectivity index (χ3v) is 13.6. The molecule has 0 radical (unpaired) electrons. The number of piperidine rings is 1. The molecule has 6 amide bonds. The van der Waals surface area contributed by atoms with Gasteiger partial charge in [-0.05, 0) is 55.0 Å². The van der Waals surface area contributed by atoms with E-state index in [4.69, 9.17) is 31.5 Å². The maximum absolute atomic E-state index is 15.0. The van der Waals surface area contributed by atoms with Gasteiger partial charge in [-0.25, -0.2) is 4.79 Å². The number of amides is 6. The molecule has 3 aliphatic heterocycles. The van der Waals surface area contributed by atoms with E-state index in [9.17, 15) is 24.0 Å². The minimum Gasteiger partial charge on any atom is -0.693 e. The fraction of sp³-hybridized carbons (Fsp3) is 0.442. The molecular weight excluding hydrogens is 1090 g/mol. The molecule has 70 heavy (non-hydrogen) atoms. The Balaban J connectivity index is 0.000000269. The summed E-state index contributed by atoms with van der Waals surface area (Å²) in [7, 11) is 3.04. The normalized spacial score (nSPS) is 17.0. The Kier molecular flexibility index (Phi) is 21.2. The molecule has 1 saturated carbocycles. The molecular formula is C52H63ClFN7O8W. The van der Waals surface area contributed by atoms with Gasteiger partial charge in [0.15, 0.2) is 0 Å². The summed E-state index contributed by atoms with van der Waals surface area (Å²) in [6.45, 7) is 4.42. The van der Waals surface area contributed by atoms with Gasteiger partial charge in [0.2, 0.25) is 17.7 Å². The van der Waals surface area contributed by atoms with Crippen molar-refractivity contribution in [1.29, 1.82) is 0 Å². The minimum atomic E-state index is -0.518. The number of halogens is 2. The first-order valence-electron chi connectivity index (χ1n) is 23.5. The van der Waals surface area contributed by atoms with Crippen LogP contribution >= 0.6 is 11.6 Å². The number of benzene rings is 4. The average Bonchev–Trinajstić information content (AvgIpc) is 3.38. The molecule has 4 fully saturated rings. The second kappa shape index (κ2) is 26.7. The van der Waals surface area contributed by atoms with Crippen molar-refractivity contribution in [3.8, 4) is 22.6 Å². The first-order chi connectivity index (χ1) is 33.0. The van der Waals surface area contributed by atoms with Crippen LogP contribution in [0.15, 0.2) is 78.9 Å². The summed E-state index contributed by atoms with van der Waals surface area (Å²) in [5.41, 5.74) is 9.85. The van der Waals surface area contributed by atoms with Gasteiger partial charge in [0, 0.05) is 94.2 Å². The smallest absolute Gasteiger partial charge is 0.693 e. The number of rotatable bonds is 13. The second-order valence-corrected chi connectivity index (χ2v) is 17.9. The fourth-order valence-electron chi connectivity index (χ4n) is 9.46. The van der Waals surface area contributed by atoms with E-state index in [0.717, 1.165) is 36.8 Å². The number of carbonyl (C=O) groups excluding carboxylic acids is 5. The molecule has 0 aromatic heterocycles. The first-order valence-corrected chi connectivity index (χ1v) is 23.9. The van der Waals surface area contributed by atoms with E-state index in [-0.39, 0.29) is 99.5 Å². The molecule has 3 heterocycles. The monoisotopic (exact) mass is 1150 g/mol. The van der Waals surface area contributed by atoms with E-state index in [2.05, 4.69) is 11.4 Å². The Hall–Kier alpha value is -5.38. The SMILES string of the molecule is COCCOc1cc[c-]c(-c2cc(C(CN)c3ccccc3)ccc2Cl)c1F.COc1cc(C(=O)N2CCN(C(=O)C3CCN(C(=O)C4CCCCC4)CC3)CC2)ccc1N1CCC(=O)NC1=O.[NH2-].[W+2]. The predicted octanol–water partition coefficient (Wildman–Crippen LogP) is 8.02. The molecule has 1 aliphatic carbocycles. The summed E-state index contributed by atoms with van der Waals surface area (Å²) >= 11 is 6.40. The average molecular weight is 1150 g/mol. The van der Waals surface area contributed by atoms with Crippen molar-refractivity contribution in [2.75, 3.05) is 84.7 Å². The Morgan fingerprint density at radius 1 is 0.786 bits per heavy atom. The van der Waals surface area contributed by atoms with Crippen LogP contribution in [-0.4, -0.2) is 124 Å². The molecule has 374 valence electrons. The number of hydrogen-bond donors (Lipinski definition) is 2. The maximum Gasteiger partial charge on any atom is 2.00 e. The molecule has 8 rings (SSSR count). The summed E-state index contributed by atoms with van der Waals surface area (Å²) in [5.74, 6) is 0.0169. The van der Waals surface area contributed by atoms with Crippen molar-refractivity contribution in [3.63, 3.8) is 0 Å². The van der Waals surface area contributed by atoms with Crippen LogP contribution in [0.25, 0.3) is 17.3 Å². The van der Waals surface area contributed by atoms with Gasteiger partial charge in [-0.1, -0.05) is 91.0 Å². The second-order valence-electron chi connectivity index (χ2n) is 17.5. The van der Waals surface area contributed by atoms with Crippen LogP contribution in [0.1, 0.15) is 78.8 Å². The molecule has 4 aromatic rings. The number of hydrogen-bond acceptors (Lipinski definition) is 9. The molecule has 4 aromatic carbocycles. The number of likely N-dealkylation sites (tertiary alicyclic amines) is 1. The van der Waals surface area contributed by atoms with Gasteiger partial charge in [0.05, 0.1) is 31.0 Å². The molecule has 5 N–H and O–H groups in total. The molecule has 1 atom stereocenters. The predicted molar refractivity (Wildman–Crippen MR) is 263 cm³/mol. The molecule has 0 spiro atoms. The van der Waals surface area contributed by atoms with Crippen molar-refractivity contribution in [2.45, 2.75) is 57.3 Å². The molecule has 15 nitrogen and oxygen atoms in total. The summed E-state index contributed by atoms with van der Waals surface area (Å²) in [4.78, 5) is 70.1. The van der Waals surface area contributed by atoms with Crippen LogP contribution in [0.5, 0.6) is 11.5 Å². The molecule has 3 saturated heterocycles. The summed E-state index contributed by atoms with van der Waals surface area (Å²) in [5, 5.41) is 2.73. The Morgan fingerprint density at radius 3 is 2.09 bits per heavy atom. The quantitative estimate of drug-likeness (QED) is 0.0984. The standard InChI is InChI=1S/C29H39N5O6.C23H22ClFNO2.H2N.W/c1-40-24-19-22(7-8-23(24)34-14-11-25(35)30-29(34)39)28(38)33-17-15-32(16-18-33)27(37)21-9-12-31(13-10-21)26(36)20-5-3-2-4-6-20;1-27-12-13-28-22-9-5-8-18(23(22)25)19-14-17(10-11-21(19)24)20(15-26)16-6-3-2-4-7-16;;/h7-8,19-21H,2-6,9-18H2,1H3,(H,30,35,39);2-7,9-11,14,20H,12-13,15,26H2,1H3;1H2;/q;2*-1;+2. The Labute approximate surface area is 429 Å². The number of ether oxygens (including phenoxy) is 3. The number of nitrogens with zero attached hydrogens (tertiary/aromatic N) is 4. The van der Waals surface area contributed by atoms with Gasteiger partial charge in [-0.2, -0.15) is 0 Å². The first kappa shape index (κ1) is 55.5. The Morgan fingerprint density at radius 2 is 1.44 bits per heavy atom. The van der Waals surface area contributed by atoms with Crippen LogP contribution in [0.3, 0.4) is 0 Å². The van der Waals surface area contributed by atoms with E-state index in [1.54, 1.807) is 48.4 Å². The number of nitrogens with two attached hydrogens (primary N) is 2. The summed E-state index contributed by atoms with van der Waals surface area (Å²) < 4.78 is 30.9. The van der Waals surface area contributed by atoms with Crippen LogP contribution < -0.4 is 25.4 Å². The maximum atomic E-state index is 15.0. The van der Waals surface area contributed by atoms with Gasteiger partial charge in [-0.15, -0.1) is 17.7 Å². The van der Waals surface area contributed by atoms with E-state index >= 15 is 4.39 Å². The zero-order valence-electron chi connectivity index (χ0n) is 39.8. The largest absolute Gasteiger partial charge is 2.00 e. The number of piperazine rings is 1. The van der Waals surface area contributed by atoms with Crippen molar-refractivity contribution in [2.24, 2.45) is 17.6 Å². The number of urea groups is 1. The van der Waals surface area contributed by atoms with Gasteiger partial charge in [0.25, 0.3) is 5.91 Å². The van der Waals surface area contributed by atoms with Gasteiger partial charge in [0.1, 0.15) is 12.4 Å². The molecule has 4 aliphatic rings. The van der Waals surface area contributed by atoms with E-state index in [1.165, 1.54) is 18.4 Å². The van der Waals surface area contributed by atoms with E-state index in [1.807, 2.05) is 52.3 Å². The van der Waals surface area contributed by atoms with Crippen molar-refractivity contribution in [3.05, 3.63) is 119 Å². The molecule has 18 heteroatoms. The van der Waals surface area contributed by atoms with Gasteiger partial charge in [-0.3, -0.25) is 33.8 Å². The fourth-order valence-corrected chi connectivity index (χ4v) is 9.67. The third kappa shape index (κ3) is 13.5. The zero-order valence-corrected chi connectivity index (χ0v) is 43.5. The van der Waals surface area contributed by atoms with Crippen LogP contribution in [0.2, 0.25) is 5.02 Å². The van der Waals surface area contributed by atoms with Crippen molar-refractivity contribution in [1.82, 2.24) is 20.0 Å². The van der Waals surface area contributed by atoms with Gasteiger partial charge < -0.3 is 40.8 Å². The van der Waals surface area contributed by atoms with Crippen LogP contribution in [0.4, 0.5) is 14.9 Å². The van der Waals surface area contributed by atoms with Crippen LogP contribution in [-0.2, 0) is 40.2 Å². The van der Waals surface area contributed by atoms with Crippen molar-refractivity contribution < 1.29 is 63.6 Å². The number of carbonyl (C=O) groups is 5. The summed E-state index contributed by atoms with van der Waals surface area (Å²) in [6, 6.07) is 26.1. The number of imide groups is 1. The number of anilines is 1. The molecule has 1 unspecified atom stereocenters. The van der Waals surface area contributed by atoms with Crippen LogP contribution in [0, 0.1) is 23.7 Å².